The average molecular weight is 270 g/mol. The molecular weight excluding hydrogens is 250 g/mol. The largest absolute Gasteiger partial charge is 0.396 e. The van der Waals surface area contributed by atoms with E-state index in [2.05, 4.69) is 24.1 Å². The summed E-state index contributed by atoms with van der Waals surface area (Å²) in [5.74, 6) is 0. The predicted molar refractivity (Wildman–Crippen MR) is 73.0 cm³/mol. The van der Waals surface area contributed by atoms with Crippen molar-refractivity contribution in [3.8, 4) is 0 Å². The molecule has 2 rings (SSSR count). The van der Waals surface area contributed by atoms with Crippen LogP contribution >= 0.6 is 11.6 Å². The highest BCUT2D eigenvalue weighted by Crippen LogP contribution is 2.27. The van der Waals surface area contributed by atoms with Crippen molar-refractivity contribution in [1.82, 2.24) is 4.90 Å². The first-order valence-corrected chi connectivity index (χ1v) is 6.63. The lowest BCUT2D eigenvalue weighted by molar-refractivity contribution is -0.146. The maximum absolute atomic E-state index is 9.38. The molecule has 3 nitrogen and oxygen atoms in total. The van der Waals surface area contributed by atoms with Crippen molar-refractivity contribution in [2.45, 2.75) is 6.42 Å². The quantitative estimate of drug-likeness (QED) is 0.855. The van der Waals surface area contributed by atoms with Gasteiger partial charge in [-0.1, -0.05) is 23.7 Å². The lowest BCUT2D eigenvalue weighted by Gasteiger charge is -2.42. The van der Waals surface area contributed by atoms with Gasteiger partial charge in [0.25, 0.3) is 0 Å². The summed E-state index contributed by atoms with van der Waals surface area (Å²) in [6.45, 7) is 3.42. The van der Waals surface area contributed by atoms with Crippen LogP contribution in [-0.4, -0.2) is 50.0 Å². The third-order valence-corrected chi connectivity index (χ3v) is 3.70. The fourth-order valence-corrected chi connectivity index (χ4v) is 2.37. The average Bonchev–Trinajstić information content (AvgIpc) is 2.33. The molecule has 1 N–H and O–H groups in total. The Morgan fingerprint density at radius 3 is 2.50 bits per heavy atom. The lowest BCUT2D eigenvalue weighted by atomic mass is 9.86. The van der Waals surface area contributed by atoms with Gasteiger partial charge < -0.3 is 14.7 Å². The molecule has 0 amide bonds. The number of nitrogens with zero attached hydrogens (tertiary/aromatic N) is 1. The molecule has 0 radical (unpaired) electrons. The summed E-state index contributed by atoms with van der Waals surface area (Å²) in [5.41, 5.74) is 1.25. The zero-order chi connectivity index (χ0) is 13.0. The van der Waals surface area contributed by atoms with Crippen LogP contribution in [0, 0.1) is 5.41 Å². The summed E-state index contributed by atoms with van der Waals surface area (Å²) >= 11 is 5.85. The molecule has 0 atom stereocenters. The van der Waals surface area contributed by atoms with Crippen molar-refractivity contribution >= 4 is 11.6 Å². The number of halogens is 1. The van der Waals surface area contributed by atoms with Crippen LogP contribution in [0.3, 0.4) is 0 Å². The second kappa shape index (κ2) is 6.02. The Balaban J connectivity index is 1.77. The van der Waals surface area contributed by atoms with Gasteiger partial charge in [-0.05, 0) is 31.2 Å². The first kappa shape index (κ1) is 13.8. The van der Waals surface area contributed by atoms with Gasteiger partial charge in [0.1, 0.15) is 0 Å². The molecular formula is C14H20ClNO2. The number of aliphatic hydroxyl groups excluding tert-OH is 1. The zero-order valence-electron chi connectivity index (χ0n) is 10.7. The van der Waals surface area contributed by atoms with Gasteiger partial charge in [0.15, 0.2) is 0 Å². The van der Waals surface area contributed by atoms with Crippen molar-refractivity contribution in [2.75, 3.05) is 40.0 Å². The highest BCUT2D eigenvalue weighted by Gasteiger charge is 2.38. The minimum absolute atomic E-state index is 0.0330. The molecule has 4 heteroatoms. The molecule has 1 heterocycles. The molecule has 1 aliphatic rings. The normalized spacial score (nSPS) is 17.8. The Morgan fingerprint density at radius 2 is 2.00 bits per heavy atom. The van der Waals surface area contributed by atoms with E-state index in [0.29, 0.717) is 13.2 Å². The molecule has 1 aliphatic heterocycles. The minimum atomic E-state index is -0.0330. The van der Waals surface area contributed by atoms with Gasteiger partial charge in [-0.15, -0.1) is 0 Å². The van der Waals surface area contributed by atoms with E-state index >= 15 is 0 Å². The van der Waals surface area contributed by atoms with Crippen molar-refractivity contribution in [1.29, 1.82) is 0 Å². The first-order chi connectivity index (χ1) is 8.63. The van der Waals surface area contributed by atoms with Crippen molar-refractivity contribution < 1.29 is 9.84 Å². The highest BCUT2D eigenvalue weighted by molar-refractivity contribution is 6.30. The summed E-state index contributed by atoms with van der Waals surface area (Å²) in [6, 6.07) is 7.96. The third-order valence-electron chi connectivity index (χ3n) is 3.45. The van der Waals surface area contributed by atoms with Crippen LogP contribution in [0.2, 0.25) is 5.02 Å². The van der Waals surface area contributed by atoms with Gasteiger partial charge in [-0.3, -0.25) is 0 Å². The Morgan fingerprint density at radius 1 is 1.33 bits per heavy atom. The van der Waals surface area contributed by atoms with E-state index in [1.165, 1.54) is 5.56 Å². The minimum Gasteiger partial charge on any atom is -0.396 e. The molecule has 0 bridgehead atoms. The van der Waals surface area contributed by atoms with E-state index < -0.39 is 0 Å². The van der Waals surface area contributed by atoms with Crippen LogP contribution in [0.5, 0.6) is 0 Å². The lowest BCUT2D eigenvalue weighted by Crippen LogP contribution is -2.52. The van der Waals surface area contributed by atoms with Crippen LogP contribution in [0.15, 0.2) is 24.3 Å². The fourth-order valence-electron chi connectivity index (χ4n) is 2.25. The smallest absolute Gasteiger partial charge is 0.0579 e. The standard InChI is InChI=1S/C14H20ClNO2/c1-16(8-14(9-17)10-18-11-14)7-6-12-2-4-13(15)5-3-12/h2-5,17H,6-11H2,1H3. The number of rotatable bonds is 6. The topological polar surface area (TPSA) is 32.7 Å². The number of hydrogen-bond acceptors (Lipinski definition) is 3. The third kappa shape index (κ3) is 3.45. The van der Waals surface area contributed by atoms with Crippen molar-refractivity contribution in [2.24, 2.45) is 5.41 Å². The second-order valence-electron chi connectivity index (χ2n) is 5.27. The van der Waals surface area contributed by atoms with Gasteiger partial charge in [0, 0.05) is 18.1 Å². The number of ether oxygens (including phenoxy) is 1. The Kier molecular flexibility index (Phi) is 4.62. The van der Waals surface area contributed by atoms with E-state index in [0.717, 1.165) is 24.5 Å². The molecule has 18 heavy (non-hydrogen) atoms. The number of benzene rings is 1. The van der Waals surface area contributed by atoms with E-state index in [-0.39, 0.29) is 12.0 Å². The van der Waals surface area contributed by atoms with E-state index in [1.54, 1.807) is 0 Å². The van der Waals surface area contributed by atoms with Crippen molar-refractivity contribution in [3.63, 3.8) is 0 Å². The maximum atomic E-state index is 9.38. The predicted octanol–water partition coefficient (Wildman–Crippen LogP) is 1.82. The van der Waals surface area contributed by atoms with Crippen molar-refractivity contribution in [3.05, 3.63) is 34.9 Å². The fraction of sp³-hybridized carbons (Fsp3) is 0.571. The van der Waals surface area contributed by atoms with Crippen LogP contribution in [0.25, 0.3) is 0 Å². The first-order valence-electron chi connectivity index (χ1n) is 6.25. The second-order valence-corrected chi connectivity index (χ2v) is 5.70. The number of aliphatic hydroxyl groups is 1. The van der Waals surface area contributed by atoms with Crippen LogP contribution in [0.4, 0.5) is 0 Å². The Labute approximate surface area is 113 Å². The molecule has 1 fully saturated rings. The molecule has 0 unspecified atom stereocenters. The van der Waals surface area contributed by atoms with Gasteiger partial charge in [-0.2, -0.15) is 0 Å². The summed E-state index contributed by atoms with van der Waals surface area (Å²) in [4.78, 5) is 2.26. The number of hydrogen-bond donors (Lipinski definition) is 1. The van der Waals surface area contributed by atoms with Gasteiger partial charge in [-0.25, -0.2) is 0 Å². The van der Waals surface area contributed by atoms with E-state index in [1.807, 2.05) is 12.1 Å². The van der Waals surface area contributed by atoms with Crippen LogP contribution in [0.1, 0.15) is 5.56 Å². The summed E-state index contributed by atoms with van der Waals surface area (Å²) < 4.78 is 5.20. The molecule has 0 aliphatic carbocycles. The van der Waals surface area contributed by atoms with Gasteiger partial charge in [0.05, 0.1) is 25.2 Å². The monoisotopic (exact) mass is 269 g/mol. The summed E-state index contributed by atoms with van der Waals surface area (Å²) in [5, 5.41) is 10.2. The van der Waals surface area contributed by atoms with Gasteiger partial charge >= 0.3 is 0 Å². The Bertz CT molecular complexity index is 370. The molecule has 1 saturated heterocycles. The molecule has 0 spiro atoms. The molecule has 1 aromatic rings. The molecule has 0 aromatic heterocycles. The molecule has 100 valence electrons. The van der Waals surface area contributed by atoms with Crippen LogP contribution in [-0.2, 0) is 11.2 Å². The highest BCUT2D eigenvalue weighted by atomic mass is 35.5. The molecule has 0 saturated carbocycles. The summed E-state index contributed by atoms with van der Waals surface area (Å²) in [7, 11) is 2.09. The van der Waals surface area contributed by atoms with Gasteiger partial charge in [0.2, 0.25) is 0 Å². The number of likely N-dealkylation sites (N-methyl/N-ethyl adjacent to an activating group) is 1. The summed E-state index contributed by atoms with van der Waals surface area (Å²) in [6.07, 6.45) is 0.996. The SMILES string of the molecule is CN(CCc1ccc(Cl)cc1)CC1(CO)COC1. The molecule has 1 aromatic carbocycles. The zero-order valence-corrected chi connectivity index (χ0v) is 11.5. The van der Waals surface area contributed by atoms with E-state index in [4.69, 9.17) is 16.3 Å². The maximum Gasteiger partial charge on any atom is 0.0579 e. The van der Waals surface area contributed by atoms with E-state index in [9.17, 15) is 5.11 Å². The van der Waals surface area contributed by atoms with Crippen LogP contribution < -0.4 is 0 Å². The Hall–Kier alpha value is -0.610.